The van der Waals surface area contributed by atoms with Gasteiger partial charge in [0.05, 0.1) is 0 Å². The van der Waals surface area contributed by atoms with Gasteiger partial charge in [0, 0.05) is 13.1 Å². The summed E-state index contributed by atoms with van der Waals surface area (Å²) in [5, 5.41) is 0. The molecule has 0 aromatic rings. The molecule has 2 N–H and O–H groups in total. The second-order valence-corrected chi connectivity index (χ2v) is 4.08. The highest BCUT2D eigenvalue weighted by atomic mass is 32.2. The van der Waals surface area contributed by atoms with Crippen LogP contribution in [0.5, 0.6) is 0 Å². The van der Waals surface area contributed by atoms with Crippen LogP contribution in [-0.2, 0) is 4.79 Å². The topological polar surface area (TPSA) is 46.3 Å². The van der Waals surface area contributed by atoms with Crippen molar-refractivity contribution in [1.29, 1.82) is 0 Å². The van der Waals surface area contributed by atoms with E-state index in [0.29, 0.717) is 0 Å². The Bertz CT molecular complexity index is 163. The van der Waals surface area contributed by atoms with Crippen LogP contribution in [0.15, 0.2) is 0 Å². The third kappa shape index (κ3) is 2.38. The van der Waals surface area contributed by atoms with E-state index in [1.165, 1.54) is 12.2 Å². The fourth-order valence-corrected chi connectivity index (χ4v) is 1.77. The van der Waals surface area contributed by atoms with Crippen LogP contribution >= 0.6 is 11.8 Å². The van der Waals surface area contributed by atoms with Crippen molar-refractivity contribution in [1.82, 2.24) is 4.90 Å². The molecule has 1 unspecified atom stereocenters. The van der Waals surface area contributed by atoms with Crippen molar-refractivity contribution in [2.45, 2.75) is 18.9 Å². The fourth-order valence-electron chi connectivity index (χ4n) is 1.28. The molecule has 70 valence electrons. The minimum Gasteiger partial charge on any atom is -0.339 e. The second kappa shape index (κ2) is 4.72. The highest BCUT2D eigenvalue weighted by molar-refractivity contribution is 7.98. The lowest BCUT2D eigenvalue weighted by molar-refractivity contribution is -0.142. The first kappa shape index (κ1) is 9.86. The van der Waals surface area contributed by atoms with Gasteiger partial charge in [-0.3, -0.25) is 4.79 Å². The minimum absolute atomic E-state index is 0.124. The summed E-state index contributed by atoms with van der Waals surface area (Å²) in [5.41, 5.74) is 5.45. The Labute approximate surface area is 77.7 Å². The molecule has 4 heteroatoms. The molecular weight excluding hydrogens is 172 g/mol. The summed E-state index contributed by atoms with van der Waals surface area (Å²) >= 11 is 1.85. The number of hydrogen-bond donors (Lipinski definition) is 1. The number of rotatable bonds is 5. The Balaban J connectivity index is 1.98. The normalized spacial score (nSPS) is 22.7. The summed E-state index contributed by atoms with van der Waals surface area (Å²) in [7, 11) is 0. The quantitative estimate of drug-likeness (QED) is 0.498. The van der Waals surface area contributed by atoms with E-state index >= 15 is 0 Å². The van der Waals surface area contributed by atoms with Gasteiger partial charge in [-0.25, -0.2) is 0 Å². The SMILES string of the molecule is CSCCCCN1CC(N)C1=O. The maximum atomic E-state index is 11.0. The predicted octanol–water partition coefficient (Wildman–Crippen LogP) is 0.299. The van der Waals surface area contributed by atoms with Gasteiger partial charge in [-0.15, -0.1) is 0 Å². The average molecular weight is 188 g/mol. The maximum absolute atomic E-state index is 11.0. The van der Waals surface area contributed by atoms with E-state index in [2.05, 4.69) is 6.26 Å². The number of hydrogen-bond acceptors (Lipinski definition) is 3. The smallest absolute Gasteiger partial charge is 0.241 e. The summed E-state index contributed by atoms with van der Waals surface area (Å²) in [6, 6.07) is -0.203. The lowest BCUT2D eigenvalue weighted by Gasteiger charge is -2.36. The second-order valence-electron chi connectivity index (χ2n) is 3.09. The van der Waals surface area contributed by atoms with Gasteiger partial charge in [0.15, 0.2) is 0 Å². The van der Waals surface area contributed by atoms with Gasteiger partial charge in [0.25, 0.3) is 0 Å². The zero-order valence-electron chi connectivity index (χ0n) is 7.45. The third-order valence-corrected chi connectivity index (χ3v) is 2.77. The number of carbonyl (C=O) groups excluding carboxylic acids is 1. The van der Waals surface area contributed by atoms with Gasteiger partial charge >= 0.3 is 0 Å². The molecular formula is C8H16N2OS. The van der Waals surface area contributed by atoms with Crippen molar-refractivity contribution < 1.29 is 4.79 Å². The van der Waals surface area contributed by atoms with Gasteiger partial charge in [0.2, 0.25) is 5.91 Å². The molecule has 1 heterocycles. The van der Waals surface area contributed by atoms with Crippen LogP contribution in [0.3, 0.4) is 0 Å². The monoisotopic (exact) mass is 188 g/mol. The summed E-state index contributed by atoms with van der Waals surface area (Å²) in [6.07, 6.45) is 4.41. The molecule has 0 aliphatic carbocycles. The molecule has 0 saturated carbocycles. The standard InChI is InChI=1S/C8H16N2OS/c1-12-5-3-2-4-10-6-7(9)8(10)11/h7H,2-6,9H2,1H3. The van der Waals surface area contributed by atoms with E-state index in [4.69, 9.17) is 5.73 Å². The highest BCUT2D eigenvalue weighted by Gasteiger charge is 2.32. The molecule has 1 atom stereocenters. The summed E-state index contributed by atoms with van der Waals surface area (Å²) in [5.74, 6) is 1.31. The largest absolute Gasteiger partial charge is 0.339 e. The van der Waals surface area contributed by atoms with Gasteiger partial charge < -0.3 is 10.6 Å². The Morgan fingerprint density at radius 1 is 1.67 bits per heavy atom. The van der Waals surface area contributed by atoms with Crippen molar-refractivity contribution in [3.05, 3.63) is 0 Å². The first-order valence-corrected chi connectivity index (χ1v) is 5.68. The fraction of sp³-hybridized carbons (Fsp3) is 0.875. The molecule has 12 heavy (non-hydrogen) atoms. The van der Waals surface area contributed by atoms with Crippen LogP contribution in [0.25, 0.3) is 0 Å². The Hall–Kier alpha value is -0.220. The number of nitrogens with two attached hydrogens (primary N) is 1. The predicted molar refractivity (Wildman–Crippen MR) is 52.2 cm³/mol. The van der Waals surface area contributed by atoms with E-state index in [9.17, 15) is 4.79 Å². The lowest BCUT2D eigenvalue weighted by Crippen LogP contribution is -2.60. The van der Waals surface area contributed by atoms with Crippen LogP contribution in [0.2, 0.25) is 0 Å². The zero-order valence-corrected chi connectivity index (χ0v) is 8.27. The Kier molecular flexibility index (Phi) is 3.88. The van der Waals surface area contributed by atoms with Gasteiger partial charge in [-0.2, -0.15) is 11.8 Å². The van der Waals surface area contributed by atoms with E-state index in [1.807, 2.05) is 16.7 Å². The summed E-state index contributed by atoms with van der Waals surface area (Å²) in [6.45, 7) is 1.66. The van der Waals surface area contributed by atoms with Crippen LogP contribution in [0.4, 0.5) is 0 Å². The van der Waals surface area contributed by atoms with Crippen molar-refractivity contribution in [2.24, 2.45) is 5.73 Å². The molecule has 1 rings (SSSR count). The molecule has 0 aromatic heterocycles. The number of carbonyl (C=O) groups is 1. The number of amides is 1. The number of thioether (sulfide) groups is 1. The third-order valence-electron chi connectivity index (χ3n) is 2.07. The molecule has 0 spiro atoms. The molecule has 1 fully saturated rings. The van der Waals surface area contributed by atoms with Crippen molar-refractivity contribution in [3.8, 4) is 0 Å². The van der Waals surface area contributed by atoms with Crippen molar-refractivity contribution >= 4 is 17.7 Å². The van der Waals surface area contributed by atoms with Crippen LogP contribution in [0, 0.1) is 0 Å². The van der Waals surface area contributed by atoms with Crippen molar-refractivity contribution in [3.63, 3.8) is 0 Å². The number of likely N-dealkylation sites (tertiary alicyclic amines) is 1. The molecule has 0 aromatic carbocycles. The van der Waals surface area contributed by atoms with E-state index in [0.717, 1.165) is 19.5 Å². The average Bonchev–Trinajstić information content (AvgIpc) is 2.10. The minimum atomic E-state index is -0.203. The molecule has 1 amide bonds. The summed E-state index contributed by atoms with van der Waals surface area (Å²) in [4.78, 5) is 12.9. The number of β-lactam (4-membered cyclic amide) rings is 1. The maximum Gasteiger partial charge on any atom is 0.241 e. The van der Waals surface area contributed by atoms with E-state index in [-0.39, 0.29) is 11.9 Å². The number of unbranched alkanes of at least 4 members (excludes halogenated alkanes) is 1. The van der Waals surface area contributed by atoms with E-state index in [1.54, 1.807) is 0 Å². The first-order valence-electron chi connectivity index (χ1n) is 4.29. The van der Waals surface area contributed by atoms with Crippen LogP contribution in [0.1, 0.15) is 12.8 Å². The molecule has 1 aliphatic rings. The molecule has 0 radical (unpaired) electrons. The van der Waals surface area contributed by atoms with Gasteiger partial charge in [-0.05, 0) is 24.9 Å². The number of nitrogens with zero attached hydrogens (tertiary/aromatic N) is 1. The molecule has 1 aliphatic heterocycles. The lowest BCUT2D eigenvalue weighted by atomic mass is 10.1. The Morgan fingerprint density at radius 2 is 2.42 bits per heavy atom. The molecule has 0 bridgehead atoms. The Morgan fingerprint density at radius 3 is 2.92 bits per heavy atom. The van der Waals surface area contributed by atoms with Gasteiger partial charge in [0.1, 0.15) is 6.04 Å². The van der Waals surface area contributed by atoms with E-state index < -0.39 is 0 Å². The zero-order chi connectivity index (χ0) is 8.97. The highest BCUT2D eigenvalue weighted by Crippen LogP contribution is 2.09. The molecule has 1 saturated heterocycles. The van der Waals surface area contributed by atoms with Crippen molar-refractivity contribution in [2.75, 3.05) is 25.1 Å². The van der Waals surface area contributed by atoms with Gasteiger partial charge in [-0.1, -0.05) is 0 Å². The van der Waals surface area contributed by atoms with Crippen LogP contribution < -0.4 is 5.73 Å². The molecule has 3 nitrogen and oxygen atoms in total. The first-order chi connectivity index (χ1) is 5.75. The summed E-state index contributed by atoms with van der Waals surface area (Å²) < 4.78 is 0. The van der Waals surface area contributed by atoms with Crippen LogP contribution in [-0.4, -0.2) is 41.9 Å².